The molecular formula is C8H15NO2. The monoisotopic (exact) mass is 157 g/mol. The summed E-state index contributed by atoms with van der Waals surface area (Å²) in [5.41, 5.74) is 0.714. The highest BCUT2D eigenvalue weighted by Gasteiger charge is 2.02. The van der Waals surface area contributed by atoms with Crippen LogP contribution in [0.25, 0.3) is 0 Å². The number of hydrogen-bond donors (Lipinski definition) is 1. The molecule has 0 fully saturated rings. The number of ether oxygens (including phenoxy) is 1. The summed E-state index contributed by atoms with van der Waals surface area (Å²) < 4.78 is 4.72. The molecule has 3 nitrogen and oxygen atoms in total. The molecule has 0 radical (unpaired) electrons. The molecule has 1 N–H and O–H groups in total. The van der Waals surface area contributed by atoms with E-state index in [9.17, 15) is 4.79 Å². The van der Waals surface area contributed by atoms with Gasteiger partial charge in [-0.2, -0.15) is 0 Å². The minimum absolute atomic E-state index is 0.224. The Morgan fingerprint density at radius 2 is 2.18 bits per heavy atom. The predicted octanol–water partition coefficient (Wildman–Crippen LogP) is 1.06. The smallest absolute Gasteiger partial charge is 0.311 e. The Morgan fingerprint density at radius 1 is 1.55 bits per heavy atom. The zero-order chi connectivity index (χ0) is 8.69. The summed E-state index contributed by atoms with van der Waals surface area (Å²) in [7, 11) is 0. The number of nitrogens with one attached hydrogen (secondary N) is 1. The molecule has 3 heteroatoms. The van der Waals surface area contributed by atoms with E-state index in [1.807, 2.05) is 6.92 Å². The van der Waals surface area contributed by atoms with Gasteiger partial charge in [0, 0.05) is 12.2 Å². The van der Waals surface area contributed by atoms with Crippen LogP contribution < -0.4 is 5.32 Å². The number of carbonyl (C=O) groups is 1. The number of esters is 1. The van der Waals surface area contributed by atoms with Crippen LogP contribution in [0, 0.1) is 0 Å². The van der Waals surface area contributed by atoms with Crippen LogP contribution in [0.1, 0.15) is 20.3 Å². The zero-order valence-corrected chi connectivity index (χ0v) is 7.14. The Kier molecular flexibility index (Phi) is 5.25. The van der Waals surface area contributed by atoms with Crippen molar-refractivity contribution in [3.05, 3.63) is 12.3 Å². The van der Waals surface area contributed by atoms with Crippen LogP contribution in [0.4, 0.5) is 0 Å². The minimum Gasteiger partial charge on any atom is -0.466 e. The fourth-order valence-electron chi connectivity index (χ4n) is 0.699. The Hall–Kier alpha value is -0.990. The molecule has 0 spiro atoms. The van der Waals surface area contributed by atoms with Gasteiger partial charge in [-0.1, -0.05) is 6.58 Å². The van der Waals surface area contributed by atoms with Gasteiger partial charge < -0.3 is 10.1 Å². The lowest BCUT2D eigenvalue weighted by molar-refractivity contribution is -0.142. The summed E-state index contributed by atoms with van der Waals surface area (Å²) in [6, 6.07) is 0. The fraction of sp³-hybridized carbons (Fsp3) is 0.625. The molecule has 0 saturated heterocycles. The third-order valence-electron chi connectivity index (χ3n) is 1.09. The average molecular weight is 157 g/mol. The molecule has 0 aliphatic carbocycles. The van der Waals surface area contributed by atoms with E-state index >= 15 is 0 Å². The highest BCUT2D eigenvalue weighted by Crippen LogP contribution is 1.94. The Morgan fingerprint density at radius 3 is 2.64 bits per heavy atom. The number of carbonyl (C=O) groups excluding carboxylic acids is 1. The van der Waals surface area contributed by atoms with Gasteiger partial charge in [0.25, 0.3) is 0 Å². The summed E-state index contributed by atoms with van der Waals surface area (Å²) in [5, 5.41) is 2.94. The third-order valence-corrected chi connectivity index (χ3v) is 1.09. The first-order valence-electron chi connectivity index (χ1n) is 3.78. The van der Waals surface area contributed by atoms with Gasteiger partial charge in [-0.15, -0.1) is 0 Å². The third kappa shape index (κ3) is 5.45. The molecule has 0 aliphatic heterocycles. The quantitative estimate of drug-likeness (QED) is 0.606. The van der Waals surface area contributed by atoms with E-state index in [0.29, 0.717) is 12.3 Å². The molecule has 0 aromatic carbocycles. The fourth-order valence-corrected chi connectivity index (χ4v) is 0.699. The lowest BCUT2D eigenvalue weighted by Gasteiger charge is -2.05. The standard InChI is InChI=1S/C8H15NO2/c1-4-9-7(3)6-8(10)11-5-2/h9H,3-6H2,1-2H3. The highest BCUT2D eigenvalue weighted by molar-refractivity contribution is 5.72. The second-order valence-corrected chi connectivity index (χ2v) is 2.12. The predicted molar refractivity (Wildman–Crippen MR) is 44.1 cm³/mol. The van der Waals surface area contributed by atoms with E-state index in [4.69, 9.17) is 4.74 Å². The summed E-state index contributed by atoms with van der Waals surface area (Å²) in [6.45, 7) is 8.61. The lowest BCUT2D eigenvalue weighted by atomic mass is 10.3. The van der Waals surface area contributed by atoms with Gasteiger partial charge in [0.1, 0.15) is 0 Å². The van der Waals surface area contributed by atoms with Crippen molar-refractivity contribution in [3.63, 3.8) is 0 Å². The first-order valence-corrected chi connectivity index (χ1v) is 3.78. The Balaban J connectivity index is 3.49. The van der Waals surface area contributed by atoms with Gasteiger partial charge in [-0.3, -0.25) is 4.79 Å². The molecule has 0 aliphatic rings. The molecule has 0 bridgehead atoms. The van der Waals surface area contributed by atoms with Gasteiger partial charge in [-0.25, -0.2) is 0 Å². The maximum atomic E-state index is 10.8. The first kappa shape index (κ1) is 10.0. The second kappa shape index (κ2) is 5.77. The molecule has 0 unspecified atom stereocenters. The topological polar surface area (TPSA) is 38.3 Å². The summed E-state index contributed by atoms with van der Waals surface area (Å²) in [6.07, 6.45) is 0.266. The Bertz CT molecular complexity index is 127. The van der Waals surface area contributed by atoms with Crippen molar-refractivity contribution in [1.82, 2.24) is 5.32 Å². The van der Waals surface area contributed by atoms with Crippen LogP contribution in [0.5, 0.6) is 0 Å². The molecule has 0 heterocycles. The molecule has 0 rings (SSSR count). The van der Waals surface area contributed by atoms with Crippen LogP contribution in [-0.2, 0) is 9.53 Å². The van der Waals surface area contributed by atoms with Crippen molar-refractivity contribution in [2.45, 2.75) is 20.3 Å². The van der Waals surface area contributed by atoms with Crippen molar-refractivity contribution in [2.75, 3.05) is 13.2 Å². The van der Waals surface area contributed by atoms with Crippen molar-refractivity contribution in [3.8, 4) is 0 Å². The normalized spacial score (nSPS) is 8.91. The SMILES string of the molecule is C=C(CC(=O)OCC)NCC. The zero-order valence-electron chi connectivity index (χ0n) is 7.14. The largest absolute Gasteiger partial charge is 0.466 e. The highest BCUT2D eigenvalue weighted by atomic mass is 16.5. The van der Waals surface area contributed by atoms with Crippen molar-refractivity contribution in [1.29, 1.82) is 0 Å². The van der Waals surface area contributed by atoms with E-state index in [2.05, 4.69) is 11.9 Å². The lowest BCUT2D eigenvalue weighted by Crippen LogP contribution is -2.15. The molecule has 64 valence electrons. The molecular weight excluding hydrogens is 142 g/mol. The van der Waals surface area contributed by atoms with Crippen LogP contribution >= 0.6 is 0 Å². The molecule has 0 aromatic rings. The first-order chi connectivity index (χ1) is 5.20. The average Bonchev–Trinajstić information content (AvgIpc) is 1.87. The number of rotatable bonds is 5. The van der Waals surface area contributed by atoms with Crippen molar-refractivity contribution < 1.29 is 9.53 Å². The van der Waals surface area contributed by atoms with Gasteiger partial charge in [0.05, 0.1) is 13.0 Å². The molecule has 0 amide bonds. The van der Waals surface area contributed by atoms with Crippen molar-refractivity contribution >= 4 is 5.97 Å². The Labute approximate surface area is 67.4 Å². The van der Waals surface area contributed by atoms with Gasteiger partial charge in [0.15, 0.2) is 0 Å². The van der Waals surface area contributed by atoms with Crippen LogP contribution in [0.2, 0.25) is 0 Å². The molecule has 0 saturated carbocycles. The summed E-state index contributed by atoms with van der Waals surface area (Å²) >= 11 is 0. The van der Waals surface area contributed by atoms with E-state index < -0.39 is 0 Å². The van der Waals surface area contributed by atoms with Gasteiger partial charge in [-0.05, 0) is 13.8 Å². The molecule has 11 heavy (non-hydrogen) atoms. The summed E-state index contributed by atoms with van der Waals surface area (Å²) in [5.74, 6) is -0.224. The van der Waals surface area contributed by atoms with E-state index in [1.165, 1.54) is 0 Å². The van der Waals surface area contributed by atoms with Gasteiger partial charge in [0.2, 0.25) is 0 Å². The molecule has 0 aromatic heterocycles. The maximum Gasteiger partial charge on any atom is 0.311 e. The van der Waals surface area contributed by atoms with E-state index in [1.54, 1.807) is 6.92 Å². The maximum absolute atomic E-state index is 10.8. The van der Waals surface area contributed by atoms with E-state index in [-0.39, 0.29) is 12.4 Å². The minimum atomic E-state index is -0.224. The van der Waals surface area contributed by atoms with Gasteiger partial charge >= 0.3 is 5.97 Å². The van der Waals surface area contributed by atoms with Crippen molar-refractivity contribution in [2.24, 2.45) is 0 Å². The second-order valence-electron chi connectivity index (χ2n) is 2.12. The summed E-state index contributed by atoms with van der Waals surface area (Å²) in [4.78, 5) is 10.8. The van der Waals surface area contributed by atoms with E-state index in [0.717, 1.165) is 6.54 Å². The van der Waals surface area contributed by atoms with Crippen LogP contribution in [-0.4, -0.2) is 19.1 Å². The van der Waals surface area contributed by atoms with Crippen LogP contribution in [0.15, 0.2) is 12.3 Å². The van der Waals surface area contributed by atoms with Crippen LogP contribution in [0.3, 0.4) is 0 Å². The number of hydrogen-bond acceptors (Lipinski definition) is 3. The molecule has 0 atom stereocenters.